The molecule has 3 aromatic carbocycles. The second-order valence-corrected chi connectivity index (χ2v) is 8.14. The predicted octanol–water partition coefficient (Wildman–Crippen LogP) is 6.33. The van der Waals surface area contributed by atoms with Crippen LogP contribution in [-0.2, 0) is 6.42 Å². The molecule has 0 bridgehead atoms. The standard InChI is InChI=1S/C22H13ClF3NOS/c23-13-5-11(6-14(24)9-13)7-15-10-17-19(25)4-2-16(21(17)29-15)12-1-3-20(26)18(8-12)22(27)28/h1-6,8-10H,7H2,(H2,27,28). The number of hydrogen-bond donors (Lipinski definition) is 1. The smallest absolute Gasteiger partial charge is 0.251 e. The number of fused-ring (bicyclic) bond motifs is 1. The third kappa shape index (κ3) is 3.86. The SMILES string of the molecule is NC(=O)c1cc(-c2ccc(F)c3cc(Cc4cc(F)cc(Cl)c4)sc23)ccc1F. The van der Waals surface area contributed by atoms with E-state index in [9.17, 15) is 18.0 Å². The molecule has 0 unspecified atom stereocenters. The molecule has 146 valence electrons. The van der Waals surface area contributed by atoms with E-state index in [1.165, 1.54) is 41.7 Å². The van der Waals surface area contributed by atoms with Crippen molar-refractivity contribution in [3.05, 3.63) is 93.1 Å². The van der Waals surface area contributed by atoms with E-state index in [1.54, 1.807) is 18.2 Å². The maximum absolute atomic E-state index is 14.4. The molecule has 1 aromatic heterocycles. The number of rotatable bonds is 4. The van der Waals surface area contributed by atoms with Crippen molar-refractivity contribution < 1.29 is 18.0 Å². The number of carbonyl (C=O) groups excluding carboxylic acids is 1. The average molecular weight is 432 g/mol. The van der Waals surface area contributed by atoms with Crippen molar-refractivity contribution in [3.8, 4) is 11.1 Å². The first kappa shape index (κ1) is 19.5. The molecule has 0 aliphatic carbocycles. The van der Waals surface area contributed by atoms with Crippen LogP contribution in [0.15, 0.2) is 54.6 Å². The Morgan fingerprint density at radius 3 is 2.45 bits per heavy atom. The molecule has 2 nitrogen and oxygen atoms in total. The van der Waals surface area contributed by atoms with Crippen LogP contribution in [0.25, 0.3) is 21.2 Å². The van der Waals surface area contributed by atoms with Gasteiger partial charge in [-0.25, -0.2) is 13.2 Å². The van der Waals surface area contributed by atoms with Crippen LogP contribution >= 0.6 is 22.9 Å². The number of hydrogen-bond acceptors (Lipinski definition) is 2. The fourth-order valence-corrected chi connectivity index (χ4v) is 4.74. The Hall–Kier alpha value is -2.83. The molecule has 4 aromatic rings. The van der Waals surface area contributed by atoms with Crippen LogP contribution in [0.5, 0.6) is 0 Å². The topological polar surface area (TPSA) is 43.1 Å². The van der Waals surface area contributed by atoms with Crippen LogP contribution in [0.4, 0.5) is 13.2 Å². The molecule has 0 saturated carbocycles. The Kier molecular flexibility index (Phi) is 5.06. The first-order valence-corrected chi connectivity index (χ1v) is 9.77. The average Bonchev–Trinajstić information content (AvgIpc) is 3.06. The Bertz CT molecular complexity index is 1250. The number of carbonyl (C=O) groups is 1. The van der Waals surface area contributed by atoms with Gasteiger partial charge in [-0.3, -0.25) is 4.79 Å². The normalized spacial score (nSPS) is 11.2. The Labute approximate surface area is 173 Å². The molecule has 0 atom stereocenters. The zero-order valence-corrected chi connectivity index (χ0v) is 16.4. The fourth-order valence-electron chi connectivity index (χ4n) is 3.25. The highest BCUT2D eigenvalue weighted by Gasteiger charge is 2.16. The number of amides is 1. The summed E-state index contributed by atoms with van der Waals surface area (Å²) in [5, 5.41) is 0.688. The summed E-state index contributed by atoms with van der Waals surface area (Å²) in [6.07, 6.45) is 0.381. The summed E-state index contributed by atoms with van der Waals surface area (Å²) in [7, 11) is 0. The third-order valence-electron chi connectivity index (χ3n) is 4.52. The van der Waals surface area contributed by atoms with E-state index in [2.05, 4.69) is 0 Å². The second kappa shape index (κ2) is 7.54. The maximum atomic E-state index is 14.4. The lowest BCUT2D eigenvalue weighted by atomic mass is 10.0. The van der Waals surface area contributed by atoms with Crippen molar-refractivity contribution in [3.63, 3.8) is 0 Å². The van der Waals surface area contributed by atoms with Crippen molar-refractivity contribution in [2.45, 2.75) is 6.42 Å². The number of halogens is 4. The van der Waals surface area contributed by atoms with Crippen LogP contribution in [0.3, 0.4) is 0 Å². The molecule has 1 amide bonds. The Morgan fingerprint density at radius 2 is 1.72 bits per heavy atom. The third-order valence-corrected chi connectivity index (χ3v) is 5.91. The minimum atomic E-state index is -0.877. The number of primary amides is 1. The molecule has 0 saturated heterocycles. The first-order valence-electron chi connectivity index (χ1n) is 8.57. The van der Waals surface area contributed by atoms with Gasteiger partial charge in [0.15, 0.2) is 0 Å². The largest absolute Gasteiger partial charge is 0.366 e. The summed E-state index contributed by atoms with van der Waals surface area (Å²) in [6.45, 7) is 0. The Morgan fingerprint density at radius 1 is 0.966 bits per heavy atom. The Balaban J connectivity index is 1.82. The van der Waals surface area contributed by atoms with Crippen LogP contribution in [0, 0.1) is 17.5 Å². The van der Waals surface area contributed by atoms with Crippen molar-refractivity contribution in [2.75, 3.05) is 0 Å². The maximum Gasteiger partial charge on any atom is 0.251 e. The number of thiophene rings is 1. The van der Waals surface area contributed by atoms with Crippen LogP contribution in [-0.4, -0.2) is 5.91 Å². The molecular formula is C22H13ClF3NOS. The van der Waals surface area contributed by atoms with Gasteiger partial charge in [-0.1, -0.05) is 23.7 Å². The second-order valence-electron chi connectivity index (χ2n) is 6.56. The minimum Gasteiger partial charge on any atom is -0.366 e. The van der Waals surface area contributed by atoms with Gasteiger partial charge in [0.1, 0.15) is 17.5 Å². The van der Waals surface area contributed by atoms with E-state index >= 15 is 0 Å². The molecule has 0 radical (unpaired) electrons. The monoisotopic (exact) mass is 431 g/mol. The van der Waals surface area contributed by atoms with E-state index in [1.807, 2.05) is 0 Å². The molecular weight excluding hydrogens is 419 g/mol. The van der Waals surface area contributed by atoms with Gasteiger partial charge in [0.25, 0.3) is 5.91 Å². The summed E-state index contributed by atoms with van der Waals surface area (Å²) in [5.41, 5.74) is 6.87. The van der Waals surface area contributed by atoms with Gasteiger partial charge < -0.3 is 5.73 Å². The first-order chi connectivity index (χ1) is 13.8. The van der Waals surface area contributed by atoms with Gasteiger partial charge in [0.05, 0.1) is 5.56 Å². The van der Waals surface area contributed by atoms with Gasteiger partial charge in [-0.2, -0.15) is 0 Å². The minimum absolute atomic E-state index is 0.230. The van der Waals surface area contributed by atoms with Crippen LogP contribution < -0.4 is 5.73 Å². The predicted molar refractivity (Wildman–Crippen MR) is 110 cm³/mol. The van der Waals surface area contributed by atoms with E-state index in [0.29, 0.717) is 38.2 Å². The highest BCUT2D eigenvalue weighted by molar-refractivity contribution is 7.19. The molecule has 0 aliphatic heterocycles. The summed E-state index contributed by atoms with van der Waals surface area (Å²) >= 11 is 7.26. The summed E-state index contributed by atoms with van der Waals surface area (Å²) < 4.78 is 42.5. The molecule has 1 heterocycles. The quantitative estimate of drug-likeness (QED) is 0.403. The van der Waals surface area contributed by atoms with Gasteiger partial charge in [0, 0.05) is 26.4 Å². The summed E-state index contributed by atoms with van der Waals surface area (Å²) in [5.74, 6) is -2.43. The van der Waals surface area contributed by atoms with Crippen molar-refractivity contribution >= 4 is 38.9 Å². The van der Waals surface area contributed by atoms with Crippen molar-refractivity contribution in [1.82, 2.24) is 0 Å². The lowest BCUT2D eigenvalue weighted by Crippen LogP contribution is -2.13. The van der Waals surface area contributed by atoms with Crippen LogP contribution in [0.1, 0.15) is 20.8 Å². The molecule has 0 spiro atoms. The van der Waals surface area contributed by atoms with Gasteiger partial charge in [0.2, 0.25) is 0 Å². The molecule has 0 fully saturated rings. The van der Waals surface area contributed by atoms with Crippen LogP contribution in [0.2, 0.25) is 5.02 Å². The van der Waals surface area contributed by atoms with Crippen molar-refractivity contribution in [1.29, 1.82) is 0 Å². The molecule has 7 heteroatoms. The fraction of sp³-hybridized carbons (Fsp3) is 0.0455. The molecule has 0 aliphatic rings. The van der Waals surface area contributed by atoms with Crippen molar-refractivity contribution in [2.24, 2.45) is 5.73 Å². The lowest BCUT2D eigenvalue weighted by Gasteiger charge is -2.07. The summed E-state index contributed by atoms with van der Waals surface area (Å²) in [6, 6.07) is 12.9. The van der Waals surface area contributed by atoms with Gasteiger partial charge in [-0.15, -0.1) is 11.3 Å². The summed E-state index contributed by atoms with van der Waals surface area (Å²) in [4.78, 5) is 12.3. The molecule has 29 heavy (non-hydrogen) atoms. The van der Waals surface area contributed by atoms with E-state index in [0.717, 1.165) is 10.9 Å². The zero-order valence-electron chi connectivity index (χ0n) is 14.8. The highest BCUT2D eigenvalue weighted by atomic mass is 35.5. The lowest BCUT2D eigenvalue weighted by molar-refractivity contribution is 0.0996. The van der Waals surface area contributed by atoms with E-state index < -0.39 is 23.4 Å². The molecule has 4 rings (SSSR count). The van der Waals surface area contributed by atoms with E-state index in [-0.39, 0.29) is 5.56 Å². The highest BCUT2D eigenvalue weighted by Crippen LogP contribution is 2.38. The molecule has 2 N–H and O–H groups in total. The zero-order chi connectivity index (χ0) is 20.7. The van der Waals surface area contributed by atoms with Gasteiger partial charge in [-0.05, 0) is 59.2 Å². The number of nitrogens with two attached hydrogens (primary N) is 1. The van der Waals surface area contributed by atoms with Gasteiger partial charge >= 0.3 is 0 Å². The van der Waals surface area contributed by atoms with E-state index in [4.69, 9.17) is 17.3 Å². The number of benzene rings is 3.